The number of nitrogens with zero attached hydrogens (tertiary/aromatic N) is 2. The number of hydrogen-bond donors (Lipinski definition) is 2. The van der Waals surface area contributed by atoms with Gasteiger partial charge in [-0.15, -0.1) is 0 Å². The van der Waals surface area contributed by atoms with Crippen molar-refractivity contribution in [2.24, 2.45) is 18.9 Å². The summed E-state index contributed by atoms with van der Waals surface area (Å²) in [4.78, 5) is 22.8. The van der Waals surface area contributed by atoms with Crippen LogP contribution in [0.1, 0.15) is 32.4 Å². The number of carboxylic acids is 1. The largest absolute Gasteiger partial charge is 0.481 e. The highest BCUT2D eigenvalue weighted by Crippen LogP contribution is 2.11. The molecule has 0 aliphatic carbocycles. The Kier molecular flexibility index (Phi) is 6.21. The van der Waals surface area contributed by atoms with Gasteiger partial charge in [0.05, 0.1) is 5.92 Å². The number of carbonyl (C=O) groups is 2. The fourth-order valence-corrected chi connectivity index (χ4v) is 2.05. The van der Waals surface area contributed by atoms with Crippen LogP contribution < -0.4 is 5.32 Å². The molecule has 112 valence electrons. The number of carboxylic acid groups (broad SMARTS) is 1. The van der Waals surface area contributed by atoms with Crippen molar-refractivity contribution in [2.45, 2.75) is 33.1 Å². The first-order valence-corrected chi connectivity index (χ1v) is 6.86. The molecule has 20 heavy (non-hydrogen) atoms. The smallest absolute Gasteiger partial charge is 0.308 e. The molecule has 0 fully saturated rings. The third-order valence-corrected chi connectivity index (χ3v) is 3.18. The molecule has 1 amide bonds. The second-order valence-electron chi connectivity index (χ2n) is 5.41. The van der Waals surface area contributed by atoms with E-state index in [1.807, 2.05) is 27.0 Å². The third-order valence-electron chi connectivity index (χ3n) is 3.18. The topological polar surface area (TPSA) is 84.2 Å². The van der Waals surface area contributed by atoms with Crippen LogP contribution in [0.2, 0.25) is 0 Å². The molecular weight excluding hydrogens is 258 g/mol. The number of nitrogens with one attached hydrogen (secondary N) is 1. The lowest BCUT2D eigenvalue weighted by Crippen LogP contribution is -2.33. The average molecular weight is 281 g/mol. The Morgan fingerprint density at radius 3 is 2.65 bits per heavy atom. The van der Waals surface area contributed by atoms with Crippen molar-refractivity contribution in [1.82, 2.24) is 15.1 Å². The second kappa shape index (κ2) is 7.67. The zero-order valence-electron chi connectivity index (χ0n) is 12.3. The van der Waals surface area contributed by atoms with Crippen LogP contribution in [-0.2, 0) is 23.1 Å². The quantitative estimate of drug-likeness (QED) is 0.750. The molecule has 1 unspecified atom stereocenters. The molecule has 1 aromatic rings. The van der Waals surface area contributed by atoms with Gasteiger partial charge in [-0.05, 0) is 24.8 Å². The molecule has 0 radical (unpaired) electrons. The van der Waals surface area contributed by atoms with Crippen molar-refractivity contribution in [2.75, 3.05) is 6.54 Å². The van der Waals surface area contributed by atoms with Gasteiger partial charge >= 0.3 is 5.97 Å². The van der Waals surface area contributed by atoms with E-state index < -0.39 is 11.9 Å². The summed E-state index contributed by atoms with van der Waals surface area (Å²) in [5, 5.41) is 15.8. The zero-order valence-corrected chi connectivity index (χ0v) is 12.3. The summed E-state index contributed by atoms with van der Waals surface area (Å²) in [6.07, 6.45) is 3.20. The maximum absolute atomic E-state index is 11.7. The lowest BCUT2D eigenvalue weighted by molar-refractivity contribution is -0.142. The Labute approximate surface area is 119 Å². The lowest BCUT2D eigenvalue weighted by Gasteiger charge is -2.15. The van der Waals surface area contributed by atoms with Crippen molar-refractivity contribution in [3.8, 4) is 0 Å². The van der Waals surface area contributed by atoms with Gasteiger partial charge in [0, 0.05) is 31.9 Å². The number of hydrogen-bond acceptors (Lipinski definition) is 3. The number of aromatic nitrogens is 2. The van der Waals surface area contributed by atoms with Gasteiger partial charge in [0.2, 0.25) is 5.91 Å². The summed E-state index contributed by atoms with van der Waals surface area (Å²) in [7, 11) is 1.83. The molecule has 2 N–H and O–H groups in total. The van der Waals surface area contributed by atoms with Gasteiger partial charge < -0.3 is 10.4 Å². The summed E-state index contributed by atoms with van der Waals surface area (Å²) < 4.78 is 1.73. The predicted octanol–water partition coefficient (Wildman–Crippen LogP) is 1.22. The van der Waals surface area contributed by atoms with Gasteiger partial charge in [-0.25, -0.2) is 0 Å². The van der Waals surface area contributed by atoms with Gasteiger partial charge in [-0.2, -0.15) is 5.10 Å². The molecule has 6 nitrogen and oxygen atoms in total. The molecule has 0 saturated heterocycles. The van der Waals surface area contributed by atoms with Gasteiger partial charge in [0.25, 0.3) is 0 Å². The molecule has 1 rings (SSSR count). The Hall–Kier alpha value is -1.85. The summed E-state index contributed by atoms with van der Waals surface area (Å²) in [5.74, 6) is -1.20. The summed E-state index contributed by atoms with van der Waals surface area (Å²) in [6, 6.07) is 1.87. The van der Waals surface area contributed by atoms with Gasteiger partial charge in [-0.1, -0.05) is 13.8 Å². The van der Waals surface area contributed by atoms with E-state index in [-0.39, 0.29) is 12.5 Å². The van der Waals surface area contributed by atoms with Crippen LogP contribution in [0.5, 0.6) is 0 Å². The molecule has 1 atom stereocenters. The van der Waals surface area contributed by atoms with Crippen LogP contribution in [0, 0.1) is 11.8 Å². The minimum absolute atomic E-state index is 0.124. The maximum Gasteiger partial charge on any atom is 0.308 e. The molecule has 1 heterocycles. The van der Waals surface area contributed by atoms with Crippen LogP contribution in [0.4, 0.5) is 0 Å². The van der Waals surface area contributed by atoms with Crippen LogP contribution >= 0.6 is 0 Å². The van der Waals surface area contributed by atoms with E-state index in [0.717, 1.165) is 5.69 Å². The summed E-state index contributed by atoms with van der Waals surface area (Å²) in [6.45, 7) is 4.14. The highest BCUT2D eigenvalue weighted by atomic mass is 16.4. The predicted molar refractivity (Wildman–Crippen MR) is 75.1 cm³/mol. The van der Waals surface area contributed by atoms with E-state index >= 15 is 0 Å². The van der Waals surface area contributed by atoms with Crippen molar-refractivity contribution in [3.05, 3.63) is 18.0 Å². The van der Waals surface area contributed by atoms with E-state index in [4.69, 9.17) is 5.11 Å². The molecule has 0 bridgehead atoms. The van der Waals surface area contributed by atoms with Gasteiger partial charge in [0.1, 0.15) is 0 Å². The lowest BCUT2D eigenvalue weighted by atomic mass is 9.97. The minimum atomic E-state index is -0.856. The van der Waals surface area contributed by atoms with Crippen LogP contribution in [0.15, 0.2) is 12.3 Å². The SMILES string of the molecule is CC(C)CC(CNC(=O)CCc1ccnn1C)C(=O)O. The van der Waals surface area contributed by atoms with Crippen LogP contribution in [0.3, 0.4) is 0 Å². The fraction of sp³-hybridized carbons (Fsp3) is 0.643. The highest BCUT2D eigenvalue weighted by molar-refractivity contribution is 5.77. The average Bonchev–Trinajstić information content (AvgIpc) is 2.76. The minimum Gasteiger partial charge on any atom is -0.481 e. The summed E-state index contributed by atoms with van der Waals surface area (Å²) >= 11 is 0. The van der Waals surface area contributed by atoms with E-state index in [9.17, 15) is 9.59 Å². The monoisotopic (exact) mass is 281 g/mol. The molecule has 6 heteroatoms. The molecule has 1 aromatic heterocycles. The molecule has 0 aliphatic heterocycles. The Bertz CT molecular complexity index is 454. The third kappa shape index (κ3) is 5.42. The standard InChI is InChI=1S/C14H23N3O3/c1-10(2)8-11(14(19)20)9-15-13(18)5-4-12-6-7-16-17(12)3/h6-7,10-11H,4-5,8-9H2,1-3H3,(H,15,18)(H,19,20). The number of amides is 1. The fourth-order valence-electron chi connectivity index (χ4n) is 2.05. The first kappa shape index (κ1) is 16.2. The van der Waals surface area contributed by atoms with Gasteiger partial charge in [-0.3, -0.25) is 14.3 Å². The van der Waals surface area contributed by atoms with Crippen molar-refractivity contribution < 1.29 is 14.7 Å². The van der Waals surface area contributed by atoms with Crippen molar-refractivity contribution in [1.29, 1.82) is 0 Å². The first-order chi connectivity index (χ1) is 9.40. The molecule has 0 aliphatic rings. The normalized spacial score (nSPS) is 12.4. The maximum atomic E-state index is 11.7. The Balaban J connectivity index is 2.34. The van der Waals surface area contributed by atoms with Crippen LogP contribution in [0.25, 0.3) is 0 Å². The highest BCUT2D eigenvalue weighted by Gasteiger charge is 2.19. The molecular formula is C14H23N3O3. The van der Waals surface area contributed by atoms with Crippen LogP contribution in [-0.4, -0.2) is 33.3 Å². The van der Waals surface area contributed by atoms with Crippen molar-refractivity contribution >= 4 is 11.9 Å². The number of aryl methyl sites for hydroxylation is 2. The Morgan fingerprint density at radius 2 is 2.15 bits per heavy atom. The Morgan fingerprint density at radius 1 is 1.45 bits per heavy atom. The zero-order chi connectivity index (χ0) is 15.1. The van der Waals surface area contributed by atoms with E-state index in [0.29, 0.717) is 25.2 Å². The number of carbonyl (C=O) groups excluding carboxylic acids is 1. The van der Waals surface area contributed by atoms with Gasteiger partial charge in [0.15, 0.2) is 0 Å². The molecule has 0 spiro atoms. The van der Waals surface area contributed by atoms with E-state index in [2.05, 4.69) is 10.4 Å². The number of rotatable bonds is 8. The molecule has 0 aromatic carbocycles. The van der Waals surface area contributed by atoms with E-state index in [1.54, 1.807) is 10.9 Å². The van der Waals surface area contributed by atoms with E-state index in [1.165, 1.54) is 0 Å². The second-order valence-corrected chi connectivity index (χ2v) is 5.41. The summed E-state index contributed by atoms with van der Waals surface area (Å²) in [5.41, 5.74) is 0.983. The number of aliphatic carboxylic acids is 1. The first-order valence-electron chi connectivity index (χ1n) is 6.86. The molecule has 0 saturated carbocycles. The van der Waals surface area contributed by atoms with Crippen molar-refractivity contribution in [3.63, 3.8) is 0 Å².